The number of carbonyl (C=O) groups is 2. The van der Waals surface area contributed by atoms with Crippen molar-refractivity contribution in [3.05, 3.63) is 59.3 Å². The number of hydrogen-bond donors (Lipinski definition) is 1. The van der Waals surface area contributed by atoms with Crippen molar-refractivity contribution in [3.63, 3.8) is 0 Å². The van der Waals surface area contributed by atoms with Crippen LogP contribution in [0, 0.1) is 11.8 Å². The maximum Gasteiger partial charge on any atom is 0.337 e. The predicted octanol–water partition coefficient (Wildman–Crippen LogP) is 5.98. The van der Waals surface area contributed by atoms with Crippen LogP contribution in [0.2, 0.25) is 0 Å². The van der Waals surface area contributed by atoms with Gasteiger partial charge in [0, 0.05) is 18.2 Å². The minimum Gasteiger partial charge on any atom is -0.478 e. The molecule has 1 aromatic carbocycles. The van der Waals surface area contributed by atoms with Crippen molar-refractivity contribution in [1.82, 2.24) is 10.3 Å². The van der Waals surface area contributed by atoms with Crippen molar-refractivity contribution in [1.29, 1.82) is 0 Å². The molecule has 0 radical (unpaired) electrons. The zero-order valence-corrected chi connectivity index (χ0v) is 21.0. The largest absolute Gasteiger partial charge is 0.478 e. The highest BCUT2D eigenvalue weighted by Gasteiger charge is 2.31. The van der Waals surface area contributed by atoms with E-state index in [0.717, 1.165) is 43.8 Å². The third kappa shape index (κ3) is 6.83. The van der Waals surface area contributed by atoms with E-state index < -0.39 is 0 Å². The summed E-state index contributed by atoms with van der Waals surface area (Å²) in [4.78, 5) is 29.1. The fourth-order valence-electron chi connectivity index (χ4n) is 5.49. The lowest BCUT2D eigenvalue weighted by atomic mass is 9.87. The van der Waals surface area contributed by atoms with Crippen LogP contribution >= 0.6 is 0 Å². The SMILES string of the molecule is COC(=O)c1ccc([C@H](C)NC(=O)C2CCC(c3ccc(OCCC4CCCCC4)nc3)C2)cc1. The molecule has 2 aliphatic rings. The molecule has 2 aliphatic carbocycles. The molecule has 188 valence electrons. The summed E-state index contributed by atoms with van der Waals surface area (Å²) in [6, 6.07) is 11.1. The van der Waals surface area contributed by atoms with Gasteiger partial charge in [-0.3, -0.25) is 4.79 Å². The first-order chi connectivity index (χ1) is 17.0. The van der Waals surface area contributed by atoms with Crippen molar-refractivity contribution in [2.75, 3.05) is 13.7 Å². The highest BCUT2D eigenvalue weighted by molar-refractivity contribution is 5.89. The van der Waals surface area contributed by atoms with E-state index in [1.807, 2.05) is 31.3 Å². The summed E-state index contributed by atoms with van der Waals surface area (Å²) >= 11 is 0. The van der Waals surface area contributed by atoms with Crippen LogP contribution in [0.4, 0.5) is 0 Å². The van der Waals surface area contributed by atoms with Crippen molar-refractivity contribution < 1.29 is 19.1 Å². The second kappa shape index (κ2) is 12.2. The Bertz CT molecular complexity index is 967. The van der Waals surface area contributed by atoms with Crippen molar-refractivity contribution in [3.8, 4) is 5.88 Å². The van der Waals surface area contributed by atoms with E-state index in [2.05, 4.69) is 16.4 Å². The Hall–Kier alpha value is -2.89. The molecule has 1 amide bonds. The number of hydrogen-bond acceptors (Lipinski definition) is 5. The van der Waals surface area contributed by atoms with Crippen LogP contribution in [0.5, 0.6) is 5.88 Å². The molecule has 2 aromatic rings. The van der Waals surface area contributed by atoms with Gasteiger partial charge in [-0.15, -0.1) is 0 Å². The normalized spacial score (nSPS) is 21.3. The van der Waals surface area contributed by atoms with E-state index >= 15 is 0 Å². The van der Waals surface area contributed by atoms with Gasteiger partial charge in [-0.25, -0.2) is 9.78 Å². The topological polar surface area (TPSA) is 77.5 Å². The first-order valence-corrected chi connectivity index (χ1v) is 13.1. The van der Waals surface area contributed by atoms with Gasteiger partial charge in [-0.1, -0.05) is 50.3 Å². The number of pyridine rings is 1. The number of methoxy groups -OCH3 is 1. The molecular weight excluding hydrogens is 440 g/mol. The lowest BCUT2D eigenvalue weighted by Gasteiger charge is -2.21. The monoisotopic (exact) mass is 478 g/mol. The molecule has 1 heterocycles. The molecule has 35 heavy (non-hydrogen) atoms. The van der Waals surface area contributed by atoms with E-state index in [9.17, 15) is 9.59 Å². The molecule has 2 fully saturated rings. The molecule has 0 bridgehead atoms. The Labute approximate surface area is 208 Å². The minimum absolute atomic E-state index is 0.00297. The van der Waals surface area contributed by atoms with Gasteiger partial charge in [0.25, 0.3) is 0 Å². The number of carbonyl (C=O) groups excluding carboxylic acids is 2. The molecule has 0 spiro atoms. The van der Waals surface area contributed by atoms with Gasteiger partial charge in [0.05, 0.1) is 25.3 Å². The van der Waals surface area contributed by atoms with Crippen LogP contribution in [0.3, 0.4) is 0 Å². The quantitative estimate of drug-likeness (QED) is 0.449. The maximum absolute atomic E-state index is 12.9. The molecule has 3 atom stereocenters. The van der Waals surface area contributed by atoms with Crippen molar-refractivity contribution in [2.24, 2.45) is 11.8 Å². The smallest absolute Gasteiger partial charge is 0.337 e. The Morgan fingerprint density at radius 3 is 2.49 bits per heavy atom. The summed E-state index contributed by atoms with van der Waals surface area (Å²) in [7, 11) is 1.37. The third-order valence-electron chi connectivity index (χ3n) is 7.73. The number of aromatic nitrogens is 1. The standard InChI is InChI=1S/C29H38N2O4/c1-20(22-8-10-23(11-9-22)29(33)34-2)31-28(32)25-13-12-24(18-25)26-14-15-27(30-19-26)35-17-16-21-6-4-3-5-7-21/h8-11,14-15,19-21,24-25H,3-7,12-13,16-18H2,1-2H3,(H,31,32)/t20-,24?,25?/m0/s1. The zero-order valence-electron chi connectivity index (χ0n) is 21.0. The lowest BCUT2D eigenvalue weighted by Crippen LogP contribution is -2.31. The van der Waals surface area contributed by atoms with E-state index in [-0.39, 0.29) is 23.8 Å². The first-order valence-electron chi connectivity index (χ1n) is 13.1. The fraction of sp³-hybridized carbons (Fsp3) is 0.552. The summed E-state index contributed by atoms with van der Waals surface area (Å²) in [5.41, 5.74) is 2.65. The molecule has 6 nitrogen and oxygen atoms in total. The van der Waals surface area contributed by atoms with Crippen LogP contribution in [0.25, 0.3) is 0 Å². The second-order valence-corrected chi connectivity index (χ2v) is 10.1. The van der Waals surface area contributed by atoms with Gasteiger partial charge < -0.3 is 14.8 Å². The van der Waals surface area contributed by atoms with E-state index in [1.165, 1.54) is 44.8 Å². The van der Waals surface area contributed by atoms with Gasteiger partial charge in [0.15, 0.2) is 0 Å². The van der Waals surface area contributed by atoms with Gasteiger partial charge >= 0.3 is 5.97 Å². The van der Waals surface area contributed by atoms with Gasteiger partial charge in [0.1, 0.15) is 0 Å². The zero-order chi connectivity index (χ0) is 24.6. The van der Waals surface area contributed by atoms with E-state index in [1.54, 1.807) is 12.1 Å². The van der Waals surface area contributed by atoms with Crippen LogP contribution in [0.1, 0.15) is 98.2 Å². The number of nitrogens with zero attached hydrogens (tertiary/aromatic N) is 1. The average Bonchev–Trinajstić information content (AvgIpc) is 3.40. The van der Waals surface area contributed by atoms with E-state index in [0.29, 0.717) is 17.4 Å². The summed E-state index contributed by atoms with van der Waals surface area (Å²) in [6.07, 6.45) is 12.5. The van der Waals surface area contributed by atoms with Crippen LogP contribution < -0.4 is 10.1 Å². The van der Waals surface area contributed by atoms with Crippen LogP contribution in [-0.2, 0) is 9.53 Å². The van der Waals surface area contributed by atoms with Crippen molar-refractivity contribution in [2.45, 2.75) is 76.7 Å². The Morgan fingerprint density at radius 1 is 1.03 bits per heavy atom. The predicted molar refractivity (Wildman–Crippen MR) is 135 cm³/mol. The first kappa shape index (κ1) is 25.2. The van der Waals surface area contributed by atoms with Crippen LogP contribution in [-0.4, -0.2) is 30.6 Å². The third-order valence-corrected chi connectivity index (χ3v) is 7.73. The van der Waals surface area contributed by atoms with Gasteiger partial charge in [-0.2, -0.15) is 0 Å². The minimum atomic E-state index is -0.362. The maximum atomic E-state index is 12.9. The Morgan fingerprint density at radius 2 is 1.80 bits per heavy atom. The molecule has 4 rings (SSSR count). The number of nitrogens with one attached hydrogen (secondary N) is 1. The highest BCUT2D eigenvalue weighted by atomic mass is 16.5. The molecule has 1 aromatic heterocycles. The van der Waals surface area contributed by atoms with Crippen molar-refractivity contribution >= 4 is 11.9 Å². The average molecular weight is 479 g/mol. The second-order valence-electron chi connectivity index (χ2n) is 10.1. The fourth-order valence-corrected chi connectivity index (χ4v) is 5.49. The number of amides is 1. The Kier molecular flexibility index (Phi) is 8.78. The molecule has 2 saturated carbocycles. The number of esters is 1. The molecule has 0 saturated heterocycles. The lowest BCUT2D eigenvalue weighted by molar-refractivity contribution is -0.125. The van der Waals surface area contributed by atoms with E-state index in [4.69, 9.17) is 9.47 Å². The number of rotatable bonds is 9. The number of ether oxygens (including phenoxy) is 2. The summed E-state index contributed by atoms with van der Waals surface area (Å²) in [5.74, 6) is 1.59. The highest BCUT2D eigenvalue weighted by Crippen LogP contribution is 2.38. The van der Waals surface area contributed by atoms with Gasteiger partial charge in [0.2, 0.25) is 11.8 Å². The molecule has 0 aliphatic heterocycles. The van der Waals surface area contributed by atoms with Gasteiger partial charge in [-0.05, 0) is 67.7 Å². The summed E-state index contributed by atoms with van der Waals surface area (Å²) in [6.45, 7) is 2.71. The summed E-state index contributed by atoms with van der Waals surface area (Å²) in [5, 5.41) is 3.14. The molecule has 6 heteroatoms. The Balaban J connectivity index is 1.22. The molecule has 1 N–H and O–H groups in total. The summed E-state index contributed by atoms with van der Waals surface area (Å²) < 4.78 is 10.6. The number of benzene rings is 1. The molecule has 2 unspecified atom stereocenters. The van der Waals surface area contributed by atoms with Crippen LogP contribution in [0.15, 0.2) is 42.6 Å². The molecular formula is C29H38N2O4.